The first-order valence-corrected chi connectivity index (χ1v) is 10.1. The first-order valence-electron chi connectivity index (χ1n) is 8.46. The van der Waals surface area contributed by atoms with Crippen molar-refractivity contribution in [3.63, 3.8) is 0 Å². The summed E-state index contributed by atoms with van der Waals surface area (Å²) < 4.78 is 9.21. The average molecular weight is 393 g/mol. The zero-order valence-corrected chi connectivity index (χ0v) is 16.1. The highest BCUT2D eigenvalue weighted by atomic mass is 32.1. The third kappa shape index (κ3) is 3.25. The van der Waals surface area contributed by atoms with E-state index in [0.29, 0.717) is 32.1 Å². The van der Waals surface area contributed by atoms with Crippen LogP contribution in [0.2, 0.25) is 0 Å². The average Bonchev–Trinajstić information content (AvgIpc) is 3.39. The van der Waals surface area contributed by atoms with E-state index in [1.807, 2.05) is 31.2 Å². The zero-order valence-electron chi connectivity index (χ0n) is 14.5. The van der Waals surface area contributed by atoms with Crippen LogP contribution in [0.5, 0.6) is 0 Å². The van der Waals surface area contributed by atoms with Crippen molar-refractivity contribution in [2.24, 2.45) is 0 Å². The minimum Gasteiger partial charge on any atom is -0.465 e. The summed E-state index contributed by atoms with van der Waals surface area (Å²) in [4.78, 5) is 17.5. The summed E-state index contributed by atoms with van der Waals surface area (Å²) in [6.07, 6.45) is 4.08. The van der Waals surface area contributed by atoms with Crippen molar-refractivity contribution in [3.8, 4) is 6.07 Å². The van der Waals surface area contributed by atoms with Gasteiger partial charge in [-0.25, -0.2) is 4.98 Å². The van der Waals surface area contributed by atoms with Gasteiger partial charge in [0.1, 0.15) is 27.1 Å². The summed E-state index contributed by atoms with van der Waals surface area (Å²) >= 11 is 2.77. The molecule has 7 heteroatoms. The minimum atomic E-state index is -0.109. The molecule has 0 saturated heterocycles. The molecule has 0 aliphatic rings. The smallest absolute Gasteiger partial charge is 0.269 e. The molecule has 27 heavy (non-hydrogen) atoms. The van der Waals surface area contributed by atoms with Crippen molar-refractivity contribution >= 4 is 44.5 Å². The molecular weight excluding hydrogens is 378 g/mol. The lowest BCUT2D eigenvalue weighted by molar-refractivity contribution is 0.556. The topological polar surface area (TPSA) is 71.8 Å². The Kier molecular flexibility index (Phi) is 4.75. The summed E-state index contributed by atoms with van der Waals surface area (Å²) in [7, 11) is 0. The van der Waals surface area contributed by atoms with E-state index in [1.165, 1.54) is 22.7 Å². The fourth-order valence-corrected chi connectivity index (χ4v) is 4.94. The SMILES string of the molecule is CCCn1c(=O)/c(=C/c2ccco2)s/c1=C(\C#N)c1nc2ccccc2s1. The molecule has 0 N–H and O–H groups in total. The Morgan fingerprint density at radius 1 is 1.30 bits per heavy atom. The Bertz CT molecular complexity index is 1290. The fraction of sp³-hybridized carbons (Fsp3) is 0.150. The van der Waals surface area contributed by atoms with Crippen molar-refractivity contribution in [1.29, 1.82) is 5.26 Å². The molecule has 0 spiro atoms. The Hall–Kier alpha value is -2.95. The second kappa shape index (κ2) is 7.35. The number of para-hydroxylation sites is 1. The van der Waals surface area contributed by atoms with Crippen LogP contribution >= 0.6 is 22.7 Å². The lowest BCUT2D eigenvalue weighted by atomic mass is 10.3. The van der Waals surface area contributed by atoms with Crippen molar-refractivity contribution in [1.82, 2.24) is 9.55 Å². The van der Waals surface area contributed by atoms with Gasteiger partial charge in [0.2, 0.25) is 0 Å². The quantitative estimate of drug-likeness (QED) is 0.534. The van der Waals surface area contributed by atoms with Gasteiger partial charge in [0.05, 0.1) is 21.0 Å². The number of thiazole rings is 2. The van der Waals surface area contributed by atoms with Gasteiger partial charge >= 0.3 is 0 Å². The molecule has 0 aliphatic heterocycles. The van der Waals surface area contributed by atoms with Crippen LogP contribution in [-0.4, -0.2) is 9.55 Å². The van der Waals surface area contributed by atoms with Gasteiger partial charge in [0.15, 0.2) is 0 Å². The molecule has 134 valence electrons. The highest BCUT2D eigenvalue weighted by molar-refractivity contribution is 7.19. The van der Waals surface area contributed by atoms with Crippen LogP contribution in [0.3, 0.4) is 0 Å². The molecule has 0 amide bonds. The van der Waals surface area contributed by atoms with Crippen LogP contribution in [0.15, 0.2) is 51.9 Å². The van der Waals surface area contributed by atoms with E-state index >= 15 is 0 Å². The number of hydrogen-bond acceptors (Lipinski definition) is 6. The van der Waals surface area contributed by atoms with E-state index in [-0.39, 0.29) is 5.56 Å². The van der Waals surface area contributed by atoms with Gasteiger partial charge in [-0.3, -0.25) is 9.36 Å². The summed E-state index contributed by atoms with van der Waals surface area (Å²) in [6.45, 7) is 2.56. The molecule has 0 saturated carbocycles. The second-order valence-corrected chi connectivity index (χ2v) is 7.92. The third-order valence-corrected chi connectivity index (χ3v) is 6.19. The molecule has 0 unspecified atom stereocenters. The fourth-order valence-electron chi connectivity index (χ4n) is 2.80. The van der Waals surface area contributed by atoms with E-state index in [2.05, 4.69) is 11.1 Å². The summed E-state index contributed by atoms with van der Waals surface area (Å²) in [5.41, 5.74) is 1.18. The van der Waals surface area contributed by atoms with Gasteiger partial charge in [-0.1, -0.05) is 19.1 Å². The van der Waals surface area contributed by atoms with Crippen molar-refractivity contribution in [3.05, 3.63) is 73.0 Å². The Morgan fingerprint density at radius 2 is 2.15 bits per heavy atom. The Morgan fingerprint density at radius 3 is 2.85 bits per heavy atom. The van der Waals surface area contributed by atoms with Gasteiger partial charge < -0.3 is 4.42 Å². The van der Waals surface area contributed by atoms with Gasteiger partial charge in [-0.2, -0.15) is 5.26 Å². The summed E-state index contributed by atoms with van der Waals surface area (Å²) in [5, 5.41) is 10.5. The maximum absolute atomic E-state index is 12.9. The monoisotopic (exact) mass is 393 g/mol. The highest BCUT2D eigenvalue weighted by Gasteiger charge is 2.14. The lowest BCUT2D eigenvalue weighted by Gasteiger charge is -1.99. The van der Waals surface area contributed by atoms with Crippen LogP contribution in [0.4, 0.5) is 0 Å². The second-order valence-electron chi connectivity index (χ2n) is 5.86. The van der Waals surface area contributed by atoms with Crippen LogP contribution in [-0.2, 0) is 6.54 Å². The molecule has 0 fully saturated rings. The maximum atomic E-state index is 12.9. The van der Waals surface area contributed by atoms with Gasteiger partial charge in [0.25, 0.3) is 5.56 Å². The Balaban J connectivity index is 2.02. The number of aromatic nitrogens is 2. The van der Waals surface area contributed by atoms with Crippen molar-refractivity contribution < 1.29 is 4.42 Å². The summed E-state index contributed by atoms with van der Waals surface area (Å²) in [6, 6.07) is 13.6. The lowest BCUT2D eigenvalue weighted by Crippen LogP contribution is -2.32. The van der Waals surface area contributed by atoms with Crippen LogP contribution in [0.25, 0.3) is 21.9 Å². The number of nitriles is 1. The van der Waals surface area contributed by atoms with Gasteiger partial charge in [-0.05, 0) is 30.7 Å². The molecule has 4 rings (SSSR count). The molecule has 0 aliphatic carbocycles. The van der Waals surface area contributed by atoms with E-state index in [1.54, 1.807) is 29.0 Å². The van der Waals surface area contributed by atoms with Crippen LogP contribution in [0, 0.1) is 11.3 Å². The molecule has 1 aromatic carbocycles. The van der Waals surface area contributed by atoms with Crippen LogP contribution < -0.4 is 14.8 Å². The number of fused-ring (bicyclic) bond motifs is 1. The highest BCUT2D eigenvalue weighted by Crippen LogP contribution is 2.25. The molecule has 3 aromatic heterocycles. The molecule has 0 atom stereocenters. The van der Waals surface area contributed by atoms with Crippen molar-refractivity contribution in [2.45, 2.75) is 19.9 Å². The molecule has 4 aromatic rings. The molecule has 0 bridgehead atoms. The predicted octanol–water partition coefficient (Wildman–Crippen LogP) is 3.07. The number of benzene rings is 1. The molecule has 3 heterocycles. The molecule has 5 nitrogen and oxygen atoms in total. The largest absolute Gasteiger partial charge is 0.465 e. The van der Waals surface area contributed by atoms with E-state index in [4.69, 9.17) is 4.42 Å². The number of rotatable bonds is 4. The minimum absolute atomic E-state index is 0.109. The first-order chi connectivity index (χ1) is 13.2. The maximum Gasteiger partial charge on any atom is 0.269 e. The normalized spacial score (nSPS) is 13.1. The summed E-state index contributed by atoms with van der Waals surface area (Å²) in [5.74, 6) is 0.613. The molecular formula is C20H15N3O2S2. The zero-order chi connectivity index (χ0) is 18.8. The van der Waals surface area contributed by atoms with E-state index in [9.17, 15) is 10.1 Å². The predicted molar refractivity (Wildman–Crippen MR) is 108 cm³/mol. The third-order valence-electron chi connectivity index (χ3n) is 4.00. The van der Waals surface area contributed by atoms with Crippen molar-refractivity contribution in [2.75, 3.05) is 0 Å². The number of hydrogen-bond donors (Lipinski definition) is 0. The number of nitrogens with zero attached hydrogens (tertiary/aromatic N) is 3. The molecule has 0 radical (unpaired) electrons. The number of furan rings is 1. The first kappa shape index (κ1) is 17.5. The Labute approximate surface area is 162 Å². The van der Waals surface area contributed by atoms with Crippen LogP contribution in [0.1, 0.15) is 24.1 Å². The van der Waals surface area contributed by atoms with E-state index < -0.39 is 0 Å². The standard InChI is InChI=1S/C20H15N3O2S2/c1-2-9-23-19(24)17(11-13-6-5-10-25-13)27-20(23)14(12-21)18-22-15-7-3-4-8-16(15)26-18/h3-8,10-11H,2,9H2,1H3/b17-11-,20-14+. The van der Waals surface area contributed by atoms with Gasteiger partial charge in [-0.15, -0.1) is 22.7 Å². The van der Waals surface area contributed by atoms with E-state index in [0.717, 1.165) is 16.6 Å². The van der Waals surface area contributed by atoms with Gasteiger partial charge in [0, 0.05) is 12.6 Å².